The highest BCUT2D eigenvalue weighted by atomic mass is 16.1. The molecule has 1 saturated heterocycles. The van der Waals surface area contributed by atoms with Crippen molar-refractivity contribution in [2.24, 2.45) is 0 Å². The largest absolute Gasteiger partial charge is 0.369 e. The fraction of sp³-hybridized carbons (Fsp3) is 0.238. The van der Waals surface area contributed by atoms with Gasteiger partial charge in [0, 0.05) is 42.9 Å². The maximum atomic E-state index is 12.5. The fourth-order valence-corrected chi connectivity index (χ4v) is 3.21. The van der Waals surface area contributed by atoms with Crippen molar-refractivity contribution in [2.75, 3.05) is 43.4 Å². The van der Waals surface area contributed by atoms with Crippen molar-refractivity contribution < 1.29 is 4.79 Å². The van der Waals surface area contributed by atoms with Gasteiger partial charge in [-0.2, -0.15) is 0 Å². The van der Waals surface area contributed by atoms with E-state index in [2.05, 4.69) is 39.3 Å². The number of likely N-dealkylation sites (N-methyl/N-ethyl adjacent to an activating group) is 1. The Morgan fingerprint density at radius 1 is 0.923 bits per heavy atom. The maximum absolute atomic E-state index is 12.5. The van der Waals surface area contributed by atoms with E-state index in [0.29, 0.717) is 5.69 Å². The standard InChI is InChI=1S/C21H22N4O/c1-24-12-14-25(15-13-24)18-9-7-17(8-10-18)22-21(26)20-11-6-16-4-2-3-5-19(16)23-20/h2-11H,12-15H2,1H3,(H,22,26). The number of hydrogen-bond donors (Lipinski definition) is 1. The normalized spacial score (nSPS) is 15.2. The van der Waals surface area contributed by atoms with Gasteiger partial charge in [-0.1, -0.05) is 24.3 Å². The Kier molecular flexibility index (Phi) is 4.54. The molecule has 0 aliphatic carbocycles. The van der Waals surface area contributed by atoms with E-state index in [0.717, 1.165) is 42.8 Å². The smallest absolute Gasteiger partial charge is 0.274 e. The molecule has 132 valence electrons. The molecule has 5 nitrogen and oxygen atoms in total. The third-order valence-corrected chi connectivity index (χ3v) is 4.82. The number of benzene rings is 2. The lowest BCUT2D eigenvalue weighted by Crippen LogP contribution is -2.44. The molecule has 0 unspecified atom stereocenters. The number of rotatable bonds is 3. The van der Waals surface area contributed by atoms with E-state index in [9.17, 15) is 4.79 Å². The highest BCUT2D eigenvalue weighted by Crippen LogP contribution is 2.20. The number of aromatic nitrogens is 1. The second kappa shape index (κ2) is 7.14. The van der Waals surface area contributed by atoms with Crippen LogP contribution in [0.3, 0.4) is 0 Å². The Morgan fingerprint density at radius 3 is 2.42 bits per heavy atom. The first kappa shape index (κ1) is 16.5. The number of pyridine rings is 1. The molecule has 3 aromatic rings. The molecule has 1 aromatic heterocycles. The first-order valence-corrected chi connectivity index (χ1v) is 8.90. The Balaban J connectivity index is 1.45. The lowest BCUT2D eigenvalue weighted by Gasteiger charge is -2.34. The number of para-hydroxylation sites is 1. The second-order valence-corrected chi connectivity index (χ2v) is 6.68. The van der Waals surface area contributed by atoms with Gasteiger partial charge in [-0.05, 0) is 43.4 Å². The quantitative estimate of drug-likeness (QED) is 0.791. The number of nitrogens with zero attached hydrogens (tertiary/aromatic N) is 3. The van der Waals surface area contributed by atoms with Gasteiger partial charge in [0.1, 0.15) is 5.69 Å². The third kappa shape index (κ3) is 3.53. The van der Waals surface area contributed by atoms with E-state index in [1.165, 1.54) is 5.69 Å². The number of nitrogens with one attached hydrogen (secondary N) is 1. The minimum Gasteiger partial charge on any atom is -0.369 e. The Hall–Kier alpha value is -2.92. The highest BCUT2D eigenvalue weighted by molar-refractivity contribution is 6.04. The lowest BCUT2D eigenvalue weighted by atomic mass is 10.2. The molecule has 1 amide bonds. The summed E-state index contributed by atoms with van der Waals surface area (Å²) < 4.78 is 0. The van der Waals surface area contributed by atoms with Gasteiger partial charge in [-0.25, -0.2) is 4.98 Å². The van der Waals surface area contributed by atoms with Gasteiger partial charge in [0.15, 0.2) is 0 Å². The van der Waals surface area contributed by atoms with Crippen LogP contribution in [-0.4, -0.2) is 49.0 Å². The molecule has 0 bridgehead atoms. The SMILES string of the molecule is CN1CCN(c2ccc(NC(=O)c3ccc4ccccc4n3)cc2)CC1. The predicted octanol–water partition coefficient (Wildman–Crippen LogP) is 3.24. The van der Waals surface area contributed by atoms with Crippen molar-refractivity contribution in [3.8, 4) is 0 Å². The van der Waals surface area contributed by atoms with E-state index in [-0.39, 0.29) is 5.91 Å². The van der Waals surface area contributed by atoms with Gasteiger partial charge in [-0.15, -0.1) is 0 Å². The van der Waals surface area contributed by atoms with Crippen LogP contribution >= 0.6 is 0 Å². The van der Waals surface area contributed by atoms with Gasteiger partial charge < -0.3 is 15.1 Å². The summed E-state index contributed by atoms with van der Waals surface area (Å²) in [5, 5.41) is 3.96. The highest BCUT2D eigenvalue weighted by Gasteiger charge is 2.14. The van der Waals surface area contributed by atoms with Gasteiger partial charge in [-0.3, -0.25) is 4.79 Å². The van der Waals surface area contributed by atoms with E-state index in [1.807, 2.05) is 42.5 Å². The molecule has 26 heavy (non-hydrogen) atoms. The van der Waals surface area contributed by atoms with Crippen LogP contribution in [0.5, 0.6) is 0 Å². The van der Waals surface area contributed by atoms with Gasteiger partial charge in [0.25, 0.3) is 5.91 Å². The molecule has 5 heteroatoms. The number of anilines is 2. The summed E-state index contributed by atoms with van der Waals surface area (Å²) >= 11 is 0. The zero-order valence-corrected chi connectivity index (χ0v) is 14.9. The summed E-state index contributed by atoms with van der Waals surface area (Å²) in [6.07, 6.45) is 0. The number of carbonyl (C=O) groups excluding carboxylic acids is 1. The van der Waals surface area contributed by atoms with E-state index in [1.54, 1.807) is 6.07 Å². The Morgan fingerprint density at radius 2 is 1.65 bits per heavy atom. The van der Waals surface area contributed by atoms with Crippen LogP contribution in [0.1, 0.15) is 10.5 Å². The van der Waals surface area contributed by atoms with E-state index >= 15 is 0 Å². The average Bonchev–Trinajstić information content (AvgIpc) is 2.69. The number of hydrogen-bond acceptors (Lipinski definition) is 4. The van der Waals surface area contributed by atoms with Crippen molar-refractivity contribution in [1.29, 1.82) is 0 Å². The van der Waals surface area contributed by atoms with Gasteiger partial charge in [0.2, 0.25) is 0 Å². The molecule has 0 radical (unpaired) electrons. The van der Waals surface area contributed by atoms with Crippen molar-refractivity contribution in [1.82, 2.24) is 9.88 Å². The molecular weight excluding hydrogens is 324 g/mol. The summed E-state index contributed by atoms with van der Waals surface area (Å²) in [4.78, 5) is 21.6. The summed E-state index contributed by atoms with van der Waals surface area (Å²) in [7, 11) is 2.15. The molecule has 1 aliphatic rings. The zero-order chi connectivity index (χ0) is 17.9. The van der Waals surface area contributed by atoms with Gasteiger partial charge in [0.05, 0.1) is 5.52 Å². The average molecular weight is 346 g/mol. The molecule has 4 rings (SSSR count). The molecule has 1 aliphatic heterocycles. The Bertz CT molecular complexity index is 915. The fourth-order valence-electron chi connectivity index (χ4n) is 3.21. The molecular formula is C21H22N4O. The van der Waals surface area contributed by atoms with Crippen molar-refractivity contribution in [3.63, 3.8) is 0 Å². The summed E-state index contributed by atoms with van der Waals surface area (Å²) in [6, 6.07) is 19.5. The van der Waals surface area contributed by atoms with Crippen LogP contribution in [-0.2, 0) is 0 Å². The summed E-state index contributed by atoms with van der Waals surface area (Å²) in [5.74, 6) is -0.192. The van der Waals surface area contributed by atoms with Crippen LogP contribution in [0.2, 0.25) is 0 Å². The molecule has 0 spiro atoms. The zero-order valence-electron chi connectivity index (χ0n) is 14.9. The van der Waals surface area contributed by atoms with Crippen LogP contribution in [0.4, 0.5) is 11.4 Å². The predicted molar refractivity (Wildman–Crippen MR) is 106 cm³/mol. The number of fused-ring (bicyclic) bond motifs is 1. The van der Waals surface area contributed by atoms with Crippen LogP contribution in [0.15, 0.2) is 60.7 Å². The molecule has 0 atom stereocenters. The molecule has 2 aromatic carbocycles. The number of amides is 1. The van der Waals surface area contributed by atoms with Crippen LogP contribution < -0.4 is 10.2 Å². The summed E-state index contributed by atoms with van der Waals surface area (Å²) in [5.41, 5.74) is 3.22. The second-order valence-electron chi connectivity index (χ2n) is 6.68. The first-order chi connectivity index (χ1) is 12.7. The Labute approximate surface area is 153 Å². The van der Waals surface area contributed by atoms with Crippen LogP contribution in [0, 0.1) is 0 Å². The summed E-state index contributed by atoms with van der Waals surface area (Å²) in [6.45, 7) is 4.21. The van der Waals surface area contributed by atoms with Crippen LogP contribution in [0.25, 0.3) is 10.9 Å². The third-order valence-electron chi connectivity index (χ3n) is 4.82. The molecule has 0 saturated carbocycles. The van der Waals surface area contributed by atoms with Crippen molar-refractivity contribution in [3.05, 3.63) is 66.4 Å². The molecule has 2 heterocycles. The van der Waals surface area contributed by atoms with Gasteiger partial charge >= 0.3 is 0 Å². The molecule has 1 N–H and O–H groups in total. The minimum absolute atomic E-state index is 0.192. The molecule has 1 fully saturated rings. The number of piperazine rings is 1. The topological polar surface area (TPSA) is 48.5 Å². The first-order valence-electron chi connectivity index (χ1n) is 8.90. The lowest BCUT2D eigenvalue weighted by molar-refractivity contribution is 0.102. The maximum Gasteiger partial charge on any atom is 0.274 e. The van der Waals surface area contributed by atoms with Crippen molar-refractivity contribution in [2.45, 2.75) is 0 Å². The monoisotopic (exact) mass is 346 g/mol. The van der Waals surface area contributed by atoms with E-state index < -0.39 is 0 Å². The minimum atomic E-state index is -0.192. The number of carbonyl (C=O) groups is 1. The van der Waals surface area contributed by atoms with Crippen molar-refractivity contribution >= 4 is 28.2 Å². The van der Waals surface area contributed by atoms with E-state index in [4.69, 9.17) is 0 Å².